The molecule has 0 unspecified atom stereocenters. The molecule has 0 spiro atoms. The van der Waals surface area contributed by atoms with Crippen LogP contribution in [0.5, 0.6) is 0 Å². The van der Waals surface area contributed by atoms with Crippen molar-refractivity contribution in [3.63, 3.8) is 0 Å². The molecule has 0 aliphatic rings. The van der Waals surface area contributed by atoms with Crippen LogP contribution in [0.1, 0.15) is 46.9 Å². The van der Waals surface area contributed by atoms with Crippen molar-refractivity contribution in [1.82, 2.24) is 19.1 Å². The molecule has 0 aliphatic carbocycles. The van der Waals surface area contributed by atoms with Gasteiger partial charge in [0.2, 0.25) is 0 Å². The Morgan fingerprint density at radius 1 is 1.12 bits per heavy atom. The van der Waals surface area contributed by atoms with Gasteiger partial charge in [-0.1, -0.05) is 34.6 Å². The first kappa shape index (κ1) is 18.7. The zero-order valence-corrected chi connectivity index (χ0v) is 16.3. The Kier molecular flexibility index (Phi) is 5.22. The number of rotatable bonds is 4. The van der Waals surface area contributed by atoms with Crippen molar-refractivity contribution in [2.45, 2.75) is 57.7 Å². The summed E-state index contributed by atoms with van der Waals surface area (Å²) in [5, 5.41) is 1.43. The fourth-order valence-electron chi connectivity index (χ4n) is 2.38. The summed E-state index contributed by atoms with van der Waals surface area (Å²) in [4.78, 5) is 34.1. The molecule has 7 heteroatoms. The third kappa shape index (κ3) is 3.71. The Hall–Kier alpha value is -1.63. The van der Waals surface area contributed by atoms with E-state index in [1.165, 1.54) is 11.6 Å². The van der Waals surface area contributed by atoms with E-state index in [0.29, 0.717) is 33.6 Å². The number of hydrogen-bond acceptors (Lipinski definition) is 5. The monoisotopic (exact) mass is 350 g/mol. The molecule has 2 rings (SSSR count). The maximum absolute atomic E-state index is 12.6. The van der Waals surface area contributed by atoms with Crippen molar-refractivity contribution in [3.05, 3.63) is 26.7 Å². The second kappa shape index (κ2) is 6.70. The molecule has 6 nitrogen and oxygen atoms in total. The normalized spacial score (nSPS) is 13.5. The lowest BCUT2D eigenvalue weighted by Crippen LogP contribution is -2.38. The summed E-state index contributed by atoms with van der Waals surface area (Å²) < 4.78 is 2.56. The van der Waals surface area contributed by atoms with Crippen LogP contribution in [0.2, 0.25) is 0 Å². The van der Waals surface area contributed by atoms with E-state index in [-0.39, 0.29) is 16.7 Å². The van der Waals surface area contributed by atoms with Gasteiger partial charge >= 0.3 is 5.69 Å². The van der Waals surface area contributed by atoms with Crippen LogP contribution >= 0.6 is 11.8 Å². The molecule has 24 heavy (non-hydrogen) atoms. The number of nitrogens with zero attached hydrogens (tertiary/aromatic N) is 4. The van der Waals surface area contributed by atoms with Crippen molar-refractivity contribution < 1.29 is 0 Å². The molecule has 0 N–H and O–H groups in total. The molecule has 0 saturated heterocycles. The number of fused-ring (bicyclic) bond motifs is 1. The van der Waals surface area contributed by atoms with Crippen LogP contribution in [-0.4, -0.2) is 24.4 Å². The average Bonchev–Trinajstić information content (AvgIpc) is 2.48. The van der Waals surface area contributed by atoms with E-state index in [4.69, 9.17) is 0 Å². The quantitative estimate of drug-likeness (QED) is 0.626. The third-order valence-corrected chi connectivity index (χ3v) is 5.14. The molecule has 0 bridgehead atoms. The van der Waals surface area contributed by atoms with Crippen molar-refractivity contribution >= 4 is 22.8 Å². The van der Waals surface area contributed by atoms with Gasteiger partial charge in [0.1, 0.15) is 16.2 Å². The van der Waals surface area contributed by atoms with Crippen LogP contribution in [-0.2, 0) is 20.5 Å². The maximum Gasteiger partial charge on any atom is 0.332 e. The number of aromatic nitrogens is 4. The molecule has 2 aromatic rings. The van der Waals surface area contributed by atoms with Crippen molar-refractivity contribution in [1.29, 1.82) is 0 Å². The topological polar surface area (TPSA) is 69.8 Å². The highest BCUT2D eigenvalue weighted by atomic mass is 32.2. The van der Waals surface area contributed by atoms with E-state index in [1.54, 1.807) is 18.8 Å². The second-order valence-corrected chi connectivity index (χ2v) is 8.85. The van der Waals surface area contributed by atoms with Crippen LogP contribution in [0.3, 0.4) is 0 Å². The highest BCUT2D eigenvalue weighted by Crippen LogP contribution is 2.29. The molecule has 0 fully saturated rings. The predicted octanol–water partition coefficient (Wildman–Crippen LogP) is 2.51. The lowest BCUT2D eigenvalue weighted by atomic mass is 9.92. The van der Waals surface area contributed by atoms with Gasteiger partial charge in [-0.15, -0.1) is 11.8 Å². The van der Waals surface area contributed by atoms with Crippen LogP contribution in [0.4, 0.5) is 0 Å². The lowest BCUT2D eigenvalue weighted by Gasteiger charge is -2.19. The first-order valence-corrected chi connectivity index (χ1v) is 9.06. The minimum atomic E-state index is -0.368. The van der Waals surface area contributed by atoms with Crippen molar-refractivity contribution in [3.8, 4) is 0 Å². The largest absolute Gasteiger partial charge is 0.332 e. The molecular weight excluding hydrogens is 324 g/mol. The number of hydrogen-bond donors (Lipinski definition) is 0. The molecule has 0 radical (unpaired) electrons. The van der Waals surface area contributed by atoms with E-state index in [2.05, 4.69) is 44.6 Å². The highest BCUT2D eigenvalue weighted by molar-refractivity contribution is 8.00. The molecule has 2 heterocycles. The van der Waals surface area contributed by atoms with Gasteiger partial charge in [-0.25, -0.2) is 14.8 Å². The zero-order chi connectivity index (χ0) is 18.2. The zero-order valence-electron chi connectivity index (χ0n) is 15.5. The second-order valence-electron chi connectivity index (χ2n) is 7.42. The van der Waals surface area contributed by atoms with Gasteiger partial charge in [-0.05, 0) is 11.8 Å². The first-order valence-electron chi connectivity index (χ1n) is 8.18. The predicted molar refractivity (Wildman–Crippen MR) is 98.8 cm³/mol. The van der Waals surface area contributed by atoms with Crippen molar-refractivity contribution in [2.75, 3.05) is 0 Å². The minimum absolute atomic E-state index is 0.0184. The molecule has 0 saturated carbocycles. The Bertz CT molecular complexity index is 877. The Morgan fingerprint density at radius 3 is 2.29 bits per heavy atom. The van der Waals surface area contributed by atoms with Crippen LogP contribution in [0, 0.1) is 5.41 Å². The average molecular weight is 350 g/mol. The summed E-state index contributed by atoms with van der Waals surface area (Å²) in [6, 6.07) is 0. The van der Waals surface area contributed by atoms with Gasteiger partial charge in [0, 0.05) is 25.8 Å². The van der Waals surface area contributed by atoms with E-state index >= 15 is 0 Å². The molecular formula is C17H26N4O2S. The van der Waals surface area contributed by atoms with Crippen LogP contribution in [0.25, 0.3) is 11.0 Å². The molecule has 0 aliphatic heterocycles. The van der Waals surface area contributed by atoms with Crippen LogP contribution < -0.4 is 11.2 Å². The maximum atomic E-state index is 12.6. The highest BCUT2D eigenvalue weighted by Gasteiger charge is 2.21. The standard InChI is InChI=1S/C17H26N4O2S/c1-8-10(2)24-14-12-13(18-11(19-14)9-17(3,4)5)20(6)16(23)21(7)15(12)22/h10H,8-9H2,1-7H3/t10-/m1/s1. The Labute approximate surface area is 146 Å². The van der Waals surface area contributed by atoms with Gasteiger partial charge in [0.25, 0.3) is 5.56 Å². The Morgan fingerprint density at radius 2 is 1.75 bits per heavy atom. The molecule has 0 aromatic carbocycles. The summed E-state index contributed by atoms with van der Waals surface area (Å²) in [6.07, 6.45) is 1.65. The van der Waals surface area contributed by atoms with Gasteiger partial charge in [-0.2, -0.15) is 0 Å². The van der Waals surface area contributed by atoms with Gasteiger partial charge < -0.3 is 0 Å². The SMILES string of the molecule is CC[C@@H](C)Sc1nc(CC(C)(C)C)nc2c1c(=O)n(C)c(=O)n2C. The smallest absolute Gasteiger partial charge is 0.280 e. The molecule has 0 amide bonds. The minimum Gasteiger partial charge on any atom is -0.280 e. The summed E-state index contributed by atoms with van der Waals surface area (Å²) in [7, 11) is 3.14. The fourth-order valence-corrected chi connectivity index (χ4v) is 3.39. The summed E-state index contributed by atoms with van der Waals surface area (Å²) in [6.45, 7) is 10.6. The fraction of sp³-hybridized carbons (Fsp3) is 0.647. The molecule has 1 atom stereocenters. The van der Waals surface area contributed by atoms with Gasteiger partial charge in [0.15, 0.2) is 5.65 Å². The number of thioether (sulfide) groups is 1. The van der Waals surface area contributed by atoms with E-state index in [1.807, 2.05) is 0 Å². The Balaban J connectivity index is 2.83. The van der Waals surface area contributed by atoms with E-state index < -0.39 is 0 Å². The lowest BCUT2D eigenvalue weighted by molar-refractivity contribution is 0.399. The summed E-state index contributed by atoms with van der Waals surface area (Å²) >= 11 is 1.57. The van der Waals surface area contributed by atoms with Gasteiger partial charge in [-0.3, -0.25) is 13.9 Å². The van der Waals surface area contributed by atoms with Crippen molar-refractivity contribution in [2.24, 2.45) is 19.5 Å². The van der Waals surface area contributed by atoms with Crippen LogP contribution in [0.15, 0.2) is 14.6 Å². The van der Waals surface area contributed by atoms with E-state index in [9.17, 15) is 9.59 Å². The molecule has 2 aromatic heterocycles. The van der Waals surface area contributed by atoms with E-state index in [0.717, 1.165) is 11.0 Å². The summed E-state index contributed by atoms with van der Waals surface area (Å²) in [5.41, 5.74) is -0.262. The molecule has 132 valence electrons. The summed E-state index contributed by atoms with van der Waals surface area (Å²) in [5.74, 6) is 0.670. The first-order chi connectivity index (χ1) is 11.0. The van der Waals surface area contributed by atoms with Gasteiger partial charge in [0.05, 0.1) is 0 Å². The third-order valence-electron chi connectivity index (χ3n) is 3.89. The number of aryl methyl sites for hydroxylation is 1.